The predicted molar refractivity (Wildman–Crippen MR) is 70.2 cm³/mol. The molecular weight excluding hydrogens is 246 g/mol. The van der Waals surface area contributed by atoms with E-state index < -0.39 is 5.60 Å². The second-order valence-electron chi connectivity index (χ2n) is 5.62. The number of nitrogens with one attached hydrogen (secondary N) is 1. The molecule has 6 nitrogen and oxygen atoms in total. The smallest absolute Gasteiger partial charge is 0.241 e. The molecule has 0 spiro atoms. The molecule has 6 heteroatoms. The van der Waals surface area contributed by atoms with Gasteiger partial charge in [0, 0.05) is 19.0 Å². The normalized spacial score (nSPS) is 30.6. The highest BCUT2D eigenvalue weighted by Gasteiger charge is 2.43. The standard InChI is InChI=1S/C13H23N3O3/c14-7-11(17)15-8-12(18)16-6-5-13(19)4-2-1-3-10(13)9-16/h10,19H,1-9,14H2,(H,15,17). The molecule has 2 unspecified atom stereocenters. The Labute approximate surface area is 113 Å². The van der Waals surface area contributed by atoms with Crippen LogP contribution < -0.4 is 11.1 Å². The van der Waals surface area contributed by atoms with Crippen molar-refractivity contribution in [3.8, 4) is 0 Å². The molecule has 1 aliphatic heterocycles. The zero-order valence-electron chi connectivity index (χ0n) is 11.2. The van der Waals surface area contributed by atoms with Crippen LogP contribution in [-0.4, -0.2) is 53.6 Å². The molecule has 108 valence electrons. The SMILES string of the molecule is NCC(=O)NCC(=O)N1CCC2(O)CCCCC2C1. The zero-order chi connectivity index (χ0) is 13.9. The number of carbonyl (C=O) groups excluding carboxylic acids is 2. The summed E-state index contributed by atoms with van der Waals surface area (Å²) in [7, 11) is 0. The minimum atomic E-state index is -0.574. The largest absolute Gasteiger partial charge is 0.389 e. The fraction of sp³-hybridized carbons (Fsp3) is 0.846. The number of carbonyl (C=O) groups is 2. The third-order valence-corrected chi connectivity index (χ3v) is 4.40. The first-order chi connectivity index (χ1) is 9.05. The summed E-state index contributed by atoms with van der Waals surface area (Å²) in [5.74, 6) is -0.224. The van der Waals surface area contributed by atoms with Gasteiger partial charge in [0.1, 0.15) is 0 Å². The summed E-state index contributed by atoms with van der Waals surface area (Å²) in [4.78, 5) is 24.8. The summed E-state index contributed by atoms with van der Waals surface area (Å²) in [5, 5.41) is 13.0. The van der Waals surface area contributed by atoms with Gasteiger partial charge in [-0.15, -0.1) is 0 Å². The quantitative estimate of drug-likeness (QED) is 0.626. The van der Waals surface area contributed by atoms with Gasteiger partial charge in [-0.1, -0.05) is 12.8 Å². The molecule has 0 aromatic carbocycles. The number of amides is 2. The summed E-state index contributed by atoms with van der Waals surface area (Å²) in [6.45, 7) is 1.08. The van der Waals surface area contributed by atoms with E-state index in [0.717, 1.165) is 25.7 Å². The van der Waals surface area contributed by atoms with E-state index >= 15 is 0 Å². The van der Waals surface area contributed by atoms with Crippen molar-refractivity contribution in [3.05, 3.63) is 0 Å². The van der Waals surface area contributed by atoms with Crippen LogP contribution >= 0.6 is 0 Å². The Hall–Kier alpha value is -1.14. The highest BCUT2D eigenvalue weighted by atomic mass is 16.3. The summed E-state index contributed by atoms with van der Waals surface area (Å²) in [6.07, 6.45) is 4.68. The van der Waals surface area contributed by atoms with Gasteiger partial charge >= 0.3 is 0 Å². The van der Waals surface area contributed by atoms with E-state index in [1.54, 1.807) is 4.90 Å². The predicted octanol–water partition coefficient (Wildman–Crippen LogP) is -0.785. The van der Waals surface area contributed by atoms with Crippen molar-refractivity contribution in [3.63, 3.8) is 0 Å². The van der Waals surface area contributed by atoms with E-state index in [2.05, 4.69) is 5.32 Å². The third-order valence-electron chi connectivity index (χ3n) is 4.40. The van der Waals surface area contributed by atoms with Crippen LogP contribution in [0.25, 0.3) is 0 Å². The molecule has 0 radical (unpaired) electrons. The molecule has 0 aromatic heterocycles. The molecule has 19 heavy (non-hydrogen) atoms. The number of nitrogens with two attached hydrogens (primary N) is 1. The van der Waals surface area contributed by atoms with Crippen LogP contribution in [0.1, 0.15) is 32.1 Å². The third kappa shape index (κ3) is 3.25. The number of aliphatic hydroxyl groups is 1. The van der Waals surface area contributed by atoms with E-state index in [9.17, 15) is 14.7 Å². The number of piperidine rings is 1. The van der Waals surface area contributed by atoms with Gasteiger partial charge in [0.05, 0.1) is 18.7 Å². The van der Waals surface area contributed by atoms with Crippen LogP contribution in [0.15, 0.2) is 0 Å². The molecule has 2 atom stereocenters. The number of likely N-dealkylation sites (tertiary alicyclic amines) is 1. The molecule has 2 rings (SSSR count). The molecule has 4 N–H and O–H groups in total. The van der Waals surface area contributed by atoms with Gasteiger partial charge in [-0.3, -0.25) is 9.59 Å². The average molecular weight is 269 g/mol. The minimum Gasteiger partial charge on any atom is -0.389 e. The highest BCUT2D eigenvalue weighted by molar-refractivity contribution is 5.85. The molecule has 2 fully saturated rings. The monoisotopic (exact) mass is 269 g/mol. The van der Waals surface area contributed by atoms with E-state index in [1.807, 2.05) is 0 Å². The number of fused-ring (bicyclic) bond motifs is 1. The van der Waals surface area contributed by atoms with Gasteiger partial charge in [-0.05, 0) is 19.3 Å². The molecule has 1 heterocycles. The Balaban J connectivity index is 1.86. The second-order valence-corrected chi connectivity index (χ2v) is 5.62. The van der Waals surface area contributed by atoms with Crippen LogP contribution in [0.3, 0.4) is 0 Å². The van der Waals surface area contributed by atoms with E-state index in [4.69, 9.17) is 5.73 Å². The number of rotatable bonds is 3. The lowest BCUT2D eigenvalue weighted by molar-refractivity contribution is -0.143. The Morgan fingerprint density at radius 3 is 2.89 bits per heavy atom. The lowest BCUT2D eigenvalue weighted by Gasteiger charge is -2.47. The Morgan fingerprint density at radius 1 is 1.37 bits per heavy atom. The summed E-state index contributed by atoms with van der Waals surface area (Å²) >= 11 is 0. The maximum absolute atomic E-state index is 12.0. The number of nitrogens with zero attached hydrogens (tertiary/aromatic N) is 1. The first-order valence-electron chi connectivity index (χ1n) is 7.02. The molecule has 1 saturated carbocycles. The Morgan fingerprint density at radius 2 is 2.16 bits per heavy atom. The van der Waals surface area contributed by atoms with Crippen molar-refractivity contribution in [1.82, 2.24) is 10.2 Å². The zero-order valence-corrected chi connectivity index (χ0v) is 11.2. The fourth-order valence-corrected chi connectivity index (χ4v) is 3.16. The van der Waals surface area contributed by atoms with Gasteiger partial charge in [0.15, 0.2) is 0 Å². The first-order valence-corrected chi connectivity index (χ1v) is 7.02. The lowest BCUT2D eigenvalue weighted by Crippen LogP contribution is -2.56. The second kappa shape index (κ2) is 5.88. The first kappa shape index (κ1) is 14.3. The molecule has 2 aliphatic rings. The number of hydrogen-bond acceptors (Lipinski definition) is 4. The van der Waals surface area contributed by atoms with Crippen molar-refractivity contribution in [2.75, 3.05) is 26.2 Å². The van der Waals surface area contributed by atoms with Crippen LogP contribution in [0.4, 0.5) is 0 Å². The van der Waals surface area contributed by atoms with Gasteiger partial charge < -0.3 is 21.1 Å². The van der Waals surface area contributed by atoms with Crippen LogP contribution in [0, 0.1) is 5.92 Å². The van der Waals surface area contributed by atoms with Crippen LogP contribution in [-0.2, 0) is 9.59 Å². The molecule has 1 aliphatic carbocycles. The van der Waals surface area contributed by atoms with E-state index in [1.165, 1.54) is 0 Å². The topological polar surface area (TPSA) is 95.7 Å². The van der Waals surface area contributed by atoms with Crippen molar-refractivity contribution >= 4 is 11.8 Å². The van der Waals surface area contributed by atoms with E-state index in [0.29, 0.717) is 19.5 Å². The van der Waals surface area contributed by atoms with Crippen molar-refractivity contribution in [2.45, 2.75) is 37.7 Å². The van der Waals surface area contributed by atoms with Crippen LogP contribution in [0.2, 0.25) is 0 Å². The number of hydrogen-bond donors (Lipinski definition) is 3. The van der Waals surface area contributed by atoms with Crippen molar-refractivity contribution in [1.29, 1.82) is 0 Å². The van der Waals surface area contributed by atoms with Gasteiger partial charge in [0.25, 0.3) is 0 Å². The molecule has 0 aromatic rings. The fourth-order valence-electron chi connectivity index (χ4n) is 3.16. The Bertz CT molecular complexity index is 361. The molecule has 1 saturated heterocycles. The van der Waals surface area contributed by atoms with Gasteiger partial charge in [0.2, 0.25) is 11.8 Å². The highest BCUT2D eigenvalue weighted by Crippen LogP contribution is 2.39. The maximum atomic E-state index is 12.0. The molecular formula is C13H23N3O3. The Kier molecular flexibility index (Phi) is 4.42. The summed E-state index contributed by atoms with van der Waals surface area (Å²) < 4.78 is 0. The van der Waals surface area contributed by atoms with Gasteiger partial charge in [-0.25, -0.2) is 0 Å². The van der Waals surface area contributed by atoms with Gasteiger partial charge in [-0.2, -0.15) is 0 Å². The van der Waals surface area contributed by atoms with Crippen LogP contribution in [0.5, 0.6) is 0 Å². The molecule has 2 amide bonds. The van der Waals surface area contributed by atoms with Crippen molar-refractivity contribution < 1.29 is 14.7 Å². The van der Waals surface area contributed by atoms with Crippen molar-refractivity contribution in [2.24, 2.45) is 11.7 Å². The maximum Gasteiger partial charge on any atom is 0.241 e. The minimum absolute atomic E-state index is 0.00117. The lowest BCUT2D eigenvalue weighted by atomic mass is 9.71. The summed E-state index contributed by atoms with van der Waals surface area (Å²) in [5.41, 5.74) is 4.60. The summed E-state index contributed by atoms with van der Waals surface area (Å²) in [6, 6.07) is 0. The average Bonchev–Trinajstić information content (AvgIpc) is 2.43. The van der Waals surface area contributed by atoms with E-state index in [-0.39, 0.29) is 30.8 Å². The molecule has 0 bridgehead atoms.